The van der Waals surface area contributed by atoms with Gasteiger partial charge in [0.05, 0.1) is 28.5 Å². The lowest BCUT2D eigenvalue weighted by atomic mass is 9.96. The molecule has 7 rings (SSSR count). The van der Waals surface area contributed by atoms with E-state index in [4.69, 9.17) is 16.7 Å². The summed E-state index contributed by atoms with van der Waals surface area (Å²) in [6, 6.07) is 20.8. The number of halogens is 1. The molecule has 7 nitrogen and oxygen atoms in total. The predicted octanol–water partition coefficient (Wildman–Crippen LogP) is 5.36. The Bertz CT molecular complexity index is 1960. The van der Waals surface area contributed by atoms with Gasteiger partial charge >= 0.3 is 5.69 Å². The lowest BCUT2D eigenvalue weighted by molar-refractivity contribution is 0.659. The summed E-state index contributed by atoms with van der Waals surface area (Å²) in [7, 11) is 0. The molecule has 3 aromatic heterocycles. The molecule has 0 amide bonds. The first-order valence-electron chi connectivity index (χ1n) is 12.1. The van der Waals surface area contributed by atoms with Crippen LogP contribution in [0.3, 0.4) is 0 Å². The van der Waals surface area contributed by atoms with E-state index in [1.54, 1.807) is 18.3 Å². The van der Waals surface area contributed by atoms with E-state index in [2.05, 4.69) is 16.0 Å². The summed E-state index contributed by atoms with van der Waals surface area (Å²) < 4.78 is 3.19. The highest BCUT2D eigenvalue weighted by Gasteiger charge is 2.20. The Morgan fingerprint density at radius 3 is 2.70 bits per heavy atom. The lowest BCUT2D eigenvalue weighted by Gasteiger charge is -2.13. The quantitative estimate of drug-likeness (QED) is 0.351. The first-order chi connectivity index (χ1) is 18.1. The maximum atomic E-state index is 13.6. The molecule has 1 aliphatic rings. The molecule has 0 bridgehead atoms. The number of benzene rings is 3. The van der Waals surface area contributed by atoms with Gasteiger partial charge < -0.3 is 4.98 Å². The highest BCUT2D eigenvalue weighted by Crippen LogP contribution is 2.38. The van der Waals surface area contributed by atoms with Gasteiger partial charge in [-0.15, -0.1) is 0 Å². The van der Waals surface area contributed by atoms with Gasteiger partial charge in [0.15, 0.2) is 0 Å². The fraction of sp³-hybridized carbons (Fsp3) is 0.103. The van der Waals surface area contributed by atoms with Crippen molar-refractivity contribution >= 4 is 33.3 Å². The number of fused-ring (bicyclic) bond motifs is 3. The molecule has 1 N–H and O–H groups in total. The Morgan fingerprint density at radius 2 is 1.81 bits per heavy atom. The summed E-state index contributed by atoms with van der Waals surface area (Å²) >= 11 is 6.70. The molecule has 0 saturated heterocycles. The normalized spacial score (nSPS) is 12.9. The number of aromatic amines is 1. The summed E-state index contributed by atoms with van der Waals surface area (Å²) in [5.74, 6) is 0. The number of aryl methyl sites for hydroxylation is 2. The number of pyridine rings is 1. The van der Waals surface area contributed by atoms with Gasteiger partial charge in [0.25, 0.3) is 5.56 Å². The Hall–Kier alpha value is -4.49. The Balaban J connectivity index is 1.41. The monoisotopic (exact) mass is 505 g/mol. The van der Waals surface area contributed by atoms with Crippen LogP contribution in [0.4, 0.5) is 0 Å². The molecule has 0 aliphatic carbocycles. The van der Waals surface area contributed by atoms with Gasteiger partial charge in [0.2, 0.25) is 0 Å². The summed E-state index contributed by atoms with van der Waals surface area (Å²) in [5, 5.41) is 7.37. The third-order valence-corrected chi connectivity index (χ3v) is 7.35. The highest BCUT2D eigenvalue weighted by atomic mass is 35.5. The van der Waals surface area contributed by atoms with E-state index in [-0.39, 0.29) is 0 Å². The number of nitrogens with zero attached hydrogens (tertiary/aromatic N) is 4. The van der Waals surface area contributed by atoms with Crippen LogP contribution in [-0.2, 0) is 13.0 Å². The van der Waals surface area contributed by atoms with Crippen LogP contribution in [0.15, 0.2) is 88.7 Å². The van der Waals surface area contributed by atoms with Crippen LogP contribution in [0.1, 0.15) is 12.1 Å². The number of nitrogens with one attached hydrogen (secondary N) is 1. The zero-order valence-electron chi connectivity index (χ0n) is 19.6. The maximum absolute atomic E-state index is 13.6. The zero-order chi connectivity index (χ0) is 25.1. The molecule has 0 atom stereocenters. The van der Waals surface area contributed by atoms with Crippen molar-refractivity contribution in [1.82, 2.24) is 24.3 Å². The number of H-pyrrole nitrogens is 1. The van der Waals surface area contributed by atoms with E-state index >= 15 is 0 Å². The largest absolute Gasteiger partial charge is 0.333 e. The van der Waals surface area contributed by atoms with E-state index in [1.807, 2.05) is 53.2 Å². The lowest BCUT2D eigenvalue weighted by Crippen LogP contribution is -2.33. The smallest absolute Gasteiger partial charge is 0.306 e. The van der Waals surface area contributed by atoms with E-state index in [9.17, 15) is 9.59 Å². The van der Waals surface area contributed by atoms with Gasteiger partial charge in [0.1, 0.15) is 0 Å². The van der Waals surface area contributed by atoms with Crippen LogP contribution in [0.5, 0.6) is 0 Å². The molecular formula is C29H20ClN5O2. The van der Waals surface area contributed by atoms with Crippen molar-refractivity contribution in [3.8, 4) is 28.1 Å². The molecule has 6 aromatic rings. The Morgan fingerprint density at radius 1 is 0.919 bits per heavy atom. The van der Waals surface area contributed by atoms with Crippen LogP contribution in [0, 0.1) is 0 Å². The van der Waals surface area contributed by atoms with Crippen molar-refractivity contribution in [3.63, 3.8) is 0 Å². The number of rotatable bonds is 3. The Labute approximate surface area is 215 Å². The average molecular weight is 506 g/mol. The van der Waals surface area contributed by atoms with Crippen molar-refractivity contribution in [2.45, 2.75) is 19.4 Å². The van der Waals surface area contributed by atoms with Crippen molar-refractivity contribution in [2.24, 2.45) is 0 Å². The van der Waals surface area contributed by atoms with Crippen molar-refractivity contribution in [3.05, 3.63) is 111 Å². The van der Waals surface area contributed by atoms with Gasteiger partial charge in [0, 0.05) is 45.4 Å². The first-order valence-corrected chi connectivity index (χ1v) is 12.4. The molecular weight excluding hydrogens is 486 g/mol. The molecule has 0 saturated carbocycles. The molecule has 180 valence electrons. The molecule has 3 aromatic carbocycles. The highest BCUT2D eigenvalue weighted by molar-refractivity contribution is 6.34. The molecule has 0 unspecified atom stereocenters. The topological polar surface area (TPSA) is 85.6 Å². The third kappa shape index (κ3) is 3.42. The fourth-order valence-electron chi connectivity index (χ4n) is 5.29. The van der Waals surface area contributed by atoms with Crippen molar-refractivity contribution < 1.29 is 0 Å². The van der Waals surface area contributed by atoms with E-state index < -0.39 is 11.2 Å². The number of aromatic nitrogens is 5. The predicted molar refractivity (Wildman–Crippen MR) is 145 cm³/mol. The molecule has 0 fully saturated rings. The summed E-state index contributed by atoms with van der Waals surface area (Å²) in [5.41, 5.74) is 4.53. The molecule has 0 spiro atoms. The summed E-state index contributed by atoms with van der Waals surface area (Å²) in [4.78, 5) is 33.9. The molecule has 0 radical (unpaired) electrons. The van der Waals surface area contributed by atoms with Gasteiger partial charge in [-0.05, 0) is 42.7 Å². The average Bonchev–Trinajstić information content (AvgIpc) is 3.51. The van der Waals surface area contributed by atoms with Gasteiger partial charge in [-0.2, -0.15) is 5.10 Å². The SMILES string of the molecule is O=c1[nH]c2cc(-c3c(Cl)cccc3-c3cc4n(n3)CCC4)ccc2c(=O)n1-c1cncc2ccccc12. The number of hydrogen-bond acceptors (Lipinski definition) is 4. The van der Waals surface area contributed by atoms with E-state index in [0.29, 0.717) is 21.6 Å². The second-order valence-electron chi connectivity index (χ2n) is 9.22. The minimum absolute atomic E-state index is 0.394. The van der Waals surface area contributed by atoms with E-state index in [0.717, 1.165) is 57.1 Å². The van der Waals surface area contributed by atoms with Crippen LogP contribution >= 0.6 is 11.6 Å². The zero-order valence-corrected chi connectivity index (χ0v) is 20.4. The van der Waals surface area contributed by atoms with Crippen molar-refractivity contribution in [2.75, 3.05) is 0 Å². The number of hydrogen-bond donors (Lipinski definition) is 1. The summed E-state index contributed by atoms with van der Waals surface area (Å²) in [6.45, 7) is 0.918. The molecule has 37 heavy (non-hydrogen) atoms. The minimum atomic E-state index is -0.530. The van der Waals surface area contributed by atoms with Crippen LogP contribution in [-0.4, -0.2) is 24.3 Å². The second-order valence-corrected chi connectivity index (χ2v) is 9.63. The van der Waals surface area contributed by atoms with E-state index in [1.165, 1.54) is 11.9 Å². The van der Waals surface area contributed by atoms with Crippen LogP contribution in [0.2, 0.25) is 5.02 Å². The third-order valence-electron chi connectivity index (χ3n) is 7.03. The van der Waals surface area contributed by atoms with Gasteiger partial charge in [-0.25, -0.2) is 9.36 Å². The molecule has 8 heteroatoms. The van der Waals surface area contributed by atoms with Crippen LogP contribution < -0.4 is 11.2 Å². The van der Waals surface area contributed by atoms with Gasteiger partial charge in [-0.1, -0.05) is 54.1 Å². The van der Waals surface area contributed by atoms with Crippen molar-refractivity contribution in [1.29, 1.82) is 0 Å². The molecule has 1 aliphatic heterocycles. The Kier molecular flexibility index (Phi) is 4.87. The second kappa shape index (κ2) is 8.28. The van der Waals surface area contributed by atoms with Gasteiger partial charge in [-0.3, -0.25) is 14.5 Å². The first kappa shape index (κ1) is 21.8. The standard InChI is InChI=1S/C29H20ClN5O2/c30-23-9-3-8-21(25-14-19-6-4-12-34(19)33-25)27(23)17-10-11-22-24(13-17)32-29(37)35(28(22)36)26-16-31-15-18-5-1-2-7-20(18)26/h1-3,5,7-11,13-16H,4,6,12H2,(H,32,37). The molecule has 4 heterocycles. The van der Waals surface area contributed by atoms with Crippen LogP contribution in [0.25, 0.3) is 49.7 Å². The maximum Gasteiger partial charge on any atom is 0.333 e. The fourth-order valence-corrected chi connectivity index (χ4v) is 5.58. The summed E-state index contributed by atoms with van der Waals surface area (Å²) in [6.07, 6.45) is 5.37. The minimum Gasteiger partial charge on any atom is -0.306 e.